The number of carbonyl (C=O) groups is 1. The highest BCUT2D eigenvalue weighted by atomic mass is 16.1. The average Bonchev–Trinajstić information content (AvgIpc) is 2.14. The van der Waals surface area contributed by atoms with Crippen molar-refractivity contribution in [3.05, 3.63) is 23.5 Å². The van der Waals surface area contributed by atoms with Crippen molar-refractivity contribution in [3.63, 3.8) is 0 Å². The van der Waals surface area contributed by atoms with Crippen LogP contribution in [-0.4, -0.2) is 10.5 Å². The lowest BCUT2D eigenvalue weighted by atomic mass is 10.3. The fraction of sp³-hybridized carbons (Fsp3) is 0.375. The van der Waals surface area contributed by atoms with Gasteiger partial charge in [0.15, 0.2) is 0 Å². The minimum Gasteiger partial charge on any atom is -0.292 e. The van der Waals surface area contributed by atoms with E-state index in [1.165, 1.54) is 0 Å². The van der Waals surface area contributed by atoms with Crippen molar-refractivity contribution in [1.82, 2.24) is 4.57 Å². The molecular formula is C8H11NO. The number of carbonyl (C=O) groups excluding carboxylic acids is 1. The third kappa shape index (κ3) is 0.967. The van der Waals surface area contributed by atoms with E-state index in [4.69, 9.17) is 0 Å². The molecule has 1 aromatic heterocycles. The summed E-state index contributed by atoms with van der Waals surface area (Å²) in [5, 5.41) is 0. The highest BCUT2D eigenvalue weighted by Gasteiger charge is 2.01. The molecule has 0 unspecified atom stereocenters. The first-order valence-electron chi connectivity index (χ1n) is 3.28. The molecule has 0 fully saturated rings. The lowest BCUT2D eigenvalue weighted by Crippen LogP contribution is -2.05. The van der Waals surface area contributed by atoms with Crippen LogP contribution in [0.25, 0.3) is 0 Å². The van der Waals surface area contributed by atoms with Crippen LogP contribution in [0.1, 0.15) is 23.0 Å². The van der Waals surface area contributed by atoms with E-state index < -0.39 is 0 Å². The summed E-state index contributed by atoms with van der Waals surface area (Å²) in [7, 11) is 0. The Hall–Kier alpha value is -1.05. The predicted octanol–water partition coefficient (Wildman–Crippen LogP) is 1.77. The molecule has 0 saturated heterocycles. The van der Waals surface area contributed by atoms with E-state index in [1.54, 1.807) is 17.7 Å². The Balaban J connectivity index is 3.17. The Morgan fingerprint density at radius 1 is 1.50 bits per heavy atom. The molecule has 1 rings (SSSR count). The van der Waals surface area contributed by atoms with E-state index >= 15 is 0 Å². The molecule has 2 nitrogen and oxygen atoms in total. The summed E-state index contributed by atoms with van der Waals surface area (Å²) in [5.74, 6) is 0.0746. The topological polar surface area (TPSA) is 22.0 Å². The molecule has 0 bridgehead atoms. The van der Waals surface area contributed by atoms with Crippen LogP contribution in [0.5, 0.6) is 0 Å². The fourth-order valence-electron chi connectivity index (χ4n) is 0.950. The van der Waals surface area contributed by atoms with Crippen LogP contribution in [0.3, 0.4) is 0 Å². The van der Waals surface area contributed by atoms with Crippen molar-refractivity contribution < 1.29 is 4.79 Å². The Labute approximate surface area is 60.5 Å². The number of hydrogen-bond donors (Lipinski definition) is 0. The zero-order valence-corrected chi connectivity index (χ0v) is 6.51. The number of hydrogen-bond acceptors (Lipinski definition) is 1. The first-order chi connectivity index (χ1) is 4.63. The molecule has 0 aliphatic heterocycles. The van der Waals surface area contributed by atoms with Gasteiger partial charge in [0.05, 0.1) is 0 Å². The van der Waals surface area contributed by atoms with Gasteiger partial charge in [0.1, 0.15) is 0 Å². The van der Waals surface area contributed by atoms with Crippen LogP contribution >= 0.6 is 0 Å². The standard InChI is InChI=1S/C8H11NO/c1-6-4-5-9(7(6)2)8(3)10/h4-5H,1-3H3. The van der Waals surface area contributed by atoms with Crippen LogP contribution in [0.4, 0.5) is 0 Å². The molecule has 54 valence electrons. The molecule has 0 atom stereocenters. The van der Waals surface area contributed by atoms with E-state index in [2.05, 4.69) is 0 Å². The summed E-state index contributed by atoms with van der Waals surface area (Å²) >= 11 is 0. The van der Waals surface area contributed by atoms with Crippen LogP contribution in [0.2, 0.25) is 0 Å². The van der Waals surface area contributed by atoms with E-state index in [-0.39, 0.29) is 5.91 Å². The molecule has 0 spiro atoms. The summed E-state index contributed by atoms with van der Waals surface area (Å²) in [5.41, 5.74) is 2.20. The second-order valence-corrected chi connectivity index (χ2v) is 2.47. The first kappa shape index (κ1) is 7.06. The van der Waals surface area contributed by atoms with Gasteiger partial charge in [-0.15, -0.1) is 0 Å². The first-order valence-corrected chi connectivity index (χ1v) is 3.28. The van der Waals surface area contributed by atoms with E-state index in [1.807, 2.05) is 19.9 Å². The maximum Gasteiger partial charge on any atom is 0.227 e. The van der Waals surface area contributed by atoms with Gasteiger partial charge in [0, 0.05) is 18.8 Å². The second-order valence-electron chi connectivity index (χ2n) is 2.47. The van der Waals surface area contributed by atoms with E-state index in [9.17, 15) is 4.79 Å². The van der Waals surface area contributed by atoms with E-state index in [0.29, 0.717) is 0 Å². The second kappa shape index (κ2) is 2.29. The molecule has 0 radical (unpaired) electrons. The molecule has 0 aromatic carbocycles. The summed E-state index contributed by atoms with van der Waals surface area (Å²) in [6, 6.07) is 1.94. The van der Waals surface area contributed by atoms with Gasteiger partial charge in [0.2, 0.25) is 5.91 Å². The van der Waals surface area contributed by atoms with Gasteiger partial charge in [0.25, 0.3) is 0 Å². The maximum atomic E-state index is 10.8. The Bertz CT molecular complexity index is 260. The van der Waals surface area contributed by atoms with Gasteiger partial charge < -0.3 is 0 Å². The zero-order chi connectivity index (χ0) is 7.72. The van der Waals surface area contributed by atoms with Crippen molar-refractivity contribution >= 4 is 5.91 Å². The van der Waals surface area contributed by atoms with Crippen LogP contribution < -0.4 is 0 Å². The number of nitrogens with zero attached hydrogens (tertiary/aromatic N) is 1. The van der Waals surface area contributed by atoms with Gasteiger partial charge in [-0.05, 0) is 25.5 Å². The normalized spacial score (nSPS) is 9.90. The Morgan fingerprint density at radius 2 is 2.10 bits per heavy atom. The molecule has 0 saturated carbocycles. The van der Waals surface area contributed by atoms with Gasteiger partial charge in [-0.3, -0.25) is 9.36 Å². The van der Waals surface area contributed by atoms with Crippen LogP contribution in [0, 0.1) is 13.8 Å². The summed E-state index contributed by atoms with van der Waals surface area (Å²) in [4.78, 5) is 10.8. The largest absolute Gasteiger partial charge is 0.292 e. The highest BCUT2D eigenvalue weighted by Crippen LogP contribution is 2.06. The van der Waals surface area contributed by atoms with Gasteiger partial charge >= 0.3 is 0 Å². The Morgan fingerprint density at radius 3 is 2.30 bits per heavy atom. The molecule has 0 N–H and O–H groups in total. The Kier molecular flexibility index (Phi) is 1.62. The van der Waals surface area contributed by atoms with Crippen molar-refractivity contribution in [2.24, 2.45) is 0 Å². The minimum atomic E-state index is 0.0746. The predicted molar refractivity (Wildman–Crippen MR) is 40.2 cm³/mol. The molecule has 0 aliphatic rings. The quantitative estimate of drug-likeness (QED) is 0.534. The molecule has 2 heteroatoms. The van der Waals surface area contributed by atoms with Crippen molar-refractivity contribution in [2.75, 3.05) is 0 Å². The third-order valence-electron chi connectivity index (χ3n) is 1.74. The summed E-state index contributed by atoms with van der Waals surface area (Å²) < 4.78 is 1.65. The maximum absolute atomic E-state index is 10.8. The zero-order valence-electron chi connectivity index (χ0n) is 6.51. The smallest absolute Gasteiger partial charge is 0.227 e. The molecule has 10 heavy (non-hydrogen) atoms. The minimum absolute atomic E-state index is 0.0746. The van der Waals surface area contributed by atoms with E-state index in [0.717, 1.165) is 11.3 Å². The molecular weight excluding hydrogens is 126 g/mol. The molecule has 1 aromatic rings. The van der Waals surface area contributed by atoms with Gasteiger partial charge in [-0.25, -0.2) is 0 Å². The summed E-state index contributed by atoms with van der Waals surface area (Å²) in [6.45, 7) is 5.50. The molecule has 1 heterocycles. The van der Waals surface area contributed by atoms with Crippen molar-refractivity contribution in [3.8, 4) is 0 Å². The SMILES string of the molecule is CC(=O)n1ccc(C)c1C. The van der Waals surface area contributed by atoms with Crippen molar-refractivity contribution in [1.29, 1.82) is 0 Å². The van der Waals surface area contributed by atoms with Gasteiger partial charge in [-0.1, -0.05) is 0 Å². The molecule has 0 aliphatic carbocycles. The van der Waals surface area contributed by atoms with Crippen LogP contribution in [-0.2, 0) is 0 Å². The summed E-state index contributed by atoms with van der Waals surface area (Å²) in [6.07, 6.45) is 1.80. The molecule has 0 amide bonds. The third-order valence-corrected chi connectivity index (χ3v) is 1.74. The monoisotopic (exact) mass is 137 g/mol. The number of aryl methyl sites for hydroxylation is 1. The fourth-order valence-corrected chi connectivity index (χ4v) is 0.950. The highest BCUT2D eigenvalue weighted by molar-refractivity contribution is 5.77. The average molecular weight is 137 g/mol. The lowest BCUT2D eigenvalue weighted by molar-refractivity contribution is 0.0934. The lowest BCUT2D eigenvalue weighted by Gasteiger charge is -1.98. The number of rotatable bonds is 0. The van der Waals surface area contributed by atoms with Crippen molar-refractivity contribution in [2.45, 2.75) is 20.8 Å². The van der Waals surface area contributed by atoms with Gasteiger partial charge in [-0.2, -0.15) is 0 Å². The number of aromatic nitrogens is 1. The van der Waals surface area contributed by atoms with Crippen LogP contribution in [0.15, 0.2) is 12.3 Å².